The number of aryl methyl sites for hydroxylation is 1. The molecule has 2 atom stereocenters. The number of alkyl halides is 2. The van der Waals surface area contributed by atoms with Crippen LogP contribution in [0.2, 0.25) is 0 Å². The number of carbonyl (C=O) groups excluding carboxylic acids is 2. The van der Waals surface area contributed by atoms with Crippen molar-refractivity contribution in [3.8, 4) is 0 Å². The van der Waals surface area contributed by atoms with Crippen LogP contribution in [0.4, 0.5) is 19.7 Å². The Morgan fingerprint density at radius 1 is 1.44 bits per heavy atom. The first-order valence-corrected chi connectivity index (χ1v) is 12.2. The van der Waals surface area contributed by atoms with E-state index in [0.29, 0.717) is 11.4 Å². The second-order valence-electron chi connectivity index (χ2n) is 7.81. The molecule has 2 aliphatic rings. The molecule has 36 heavy (non-hydrogen) atoms. The number of amides is 2. The average molecular weight is 544 g/mol. The normalized spacial score (nSPS) is 19.9. The zero-order valence-electron chi connectivity index (χ0n) is 18.8. The maximum Gasteiger partial charge on any atom is 0.407 e. The standard InChI is InChI=1S/C19H20F2N8O5S2/c1-7-3-28(27(2)13(7)22)4-8-5-35-16-11(15(31)29(16)12(8)17(32)33)25-14(30)10(26-34-18(20)21)9-6-36-19(23)24-9/h3,6,11,16,18,22H,4-5H2,1-2H3,(H4,23,24,25,30,32,33)/p+1/t11-,16-/m1/s1. The van der Waals surface area contributed by atoms with Crippen LogP contribution >= 0.6 is 23.1 Å². The highest BCUT2D eigenvalue weighted by atomic mass is 32.2. The molecule has 1 fully saturated rings. The molecule has 2 aromatic rings. The Hall–Kier alpha value is -3.73. The highest BCUT2D eigenvalue weighted by Crippen LogP contribution is 2.40. The van der Waals surface area contributed by atoms with Crippen molar-refractivity contribution in [3.05, 3.63) is 34.1 Å². The van der Waals surface area contributed by atoms with E-state index < -0.39 is 41.5 Å². The third-order valence-electron chi connectivity index (χ3n) is 5.57. The number of aromatic nitrogens is 3. The molecular formula is C19H21F2N8O5S2+. The van der Waals surface area contributed by atoms with Crippen molar-refractivity contribution in [1.29, 1.82) is 0 Å². The second-order valence-corrected chi connectivity index (χ2v) is 9.81. The monoisotopic (exact) mass is 543 g/mol. The molecule has 0 bridgehead atoms. The number of carboxylic acids is 1. The lowest BCUT2D eigenvalue weighted by Gasteiger charge is -2.49. The van der Waals surface area contributed by atoms with Crippen LogP contribution in [0.15, 0.2) is 28.0 Å². The Balaban J connectivity index is 1.55. The predicted octanol–water partition coefficient (Wildman–Crippen LogP) is -0.376. The summed E-state index contributed by atoms with van der Waals surface area (Å²) in [5.41, 5.74) is 11.9. The molecule has 0 aliphatic carbocycles. The number of thioether (sulfide) groups is 1. The number of β-lactam (4-membered cyclic amide) rings is 1. The van der Waals surface area contributed by atoms with Gasteiger partial charge in [-0.15, -0.1) is 32.5 Å². The van der Waals surface area contributed by atoms with Crippen LogP contribution < -0.4 is 21.5 Å². The lowest BCUT2D eigenvalue weighted by Crippen LogP contribution is -2.71. The number of hydrogen-bond donors (Lipinski definition) is 4. The zero-order valence-corrected chi connectivity index (χ0v) is 20.5. The number of nitrogens with two attached hydrogens (primary N) is 2. The zero-order chi connectivity index (χ0) is 26.3. The Bertz CT molecular complexity index is 1310. The Morgan fingerprint density at radius 3 is 2.72 bits per heavy atom. The van der Waals surface area contributed by atoms with Crippen LogP contribution in [-0.4, -0.2) is 66.9 Å². The molecular weight excluding hydrogens is 522 g/mol. The third kappa shape index (κ3) is 4.58. The molecule has 2 amide bonds. The topological polar surface area (TPSA) is 182 Å². The van der Waals surface area contributed by atoms with Crippen molar-refractivity contribution >= 4 is 57.5 Å². The van der Waals surface area contributed by atoms with Crippen molar-refractivity contribution in [2.75, 3.05) is 17.2 Å². The van der Waals surface area contributed by atoms with Gasteiger partial charge in [0.05, 0.1) is 12.6 Å². The smallest absolute Gasteiger partial charge is 0.407 e. The van der Waals surface area contributed by atoms with E-state index in [-0.39, 0.29) is 28.8 Å². The maximum atomic E-state index is 12.9. The maximum absolute atomic E-state index is 12.9. The summed E-state index contributed by atoms with van der Waals surface area (Å²) < 4.78 is 28.5. The number of fused-ring (bicyclic) bond motifs is 1. The first-order valence-electron chi connectivity index (χ1n) is 10.2. The van der Waals surface area contributed by atoms with E-state index in [1.54, 1.807) is 22.6 Å². The predicted molar refractivity (Wildman–Crippen MR) is 125 cm³/mol. The molecule has 0 saturated carbocycles. The number of nitrogens with zero attached hydrogens (tertiary/aromatic N) is 5. The molecule has 17 heteroatoms. The van der Waals surface area contributed by atoms with Crippen molar-refractivity contribution in [1.82, 2.24) is 19.9 Å². The first kappa shape index (κ1) is 25.4. The van der Waals surface area contributed by atoms with Gasteiger partial charge >= 0.3 is 12.6 Å². The van der Waals surface area contributed by atoms with E-state index >= 15 is 0 Å². The van der Waals surface area contributed by atoms with Crippen LogP contribution in [0.25, 0.3) is 0 Å². The van der Waals surface area contributed by atoms with Crippen LogP contribution in [0.1, 0.15) is 11.3 Å². The minimum atomic E-state index is -3.29. The van der Waals surface area contributed by atoms with E-state index in [0.717, 1.165) is 21.8 Å². The fourth-order valence-corrected chi connectivity index (χ4v) is 5.71. The van der Waals surface area contributed by atoms with Gasteiger partial charge in [-0.25, -0.2) is 9.78 Å². The average Bonchev–Trinajstić information content (AvgIpc) is 3.35. The minimum absolute atomic E-state index is 0.0630. The molecule has 13 nitrogen and oxygen atoms in total. The fraction of sp³-hybridized carbons (Fsp3) is 0.368. The van der Waals surface area contributed by atoms with Gasteiger partial charge in [-0.1, -0.05) is 5.16 Å². The van der Waals surface area contributed by atoms with Crippen LogP contribution in [-0.2, 0) is 32.8 Å². The molecule has 192 valence electrons. The summed E-state index contributed by atoms with van der Waals surface area (Å²) in [6.45, 7) is -1.29. The van der Waals surface area contributed by atoms with E-state index in [2.05, 4.69) is 20.3 Å². The summed E-state index contributed by atoms with van der Waals surface area (Å²) in [7, 11) is 1.73. The van der Waals surface area contributed by atoms with Crippen LogP contribution in [0, 0.1) is 6.92 Å². The lowest BCUT2D eigenvalue weighted by atomic mass is 10.0. The summed E-state index contributed by atoms with van der Waals surface area (Å²) in [6, 6.07) is -1.12. The van der Waals surface area contributed by atoms with Gasteiger partial charge in [0.2, 0.25) is 6.20 Å². The second kappa shape index (κ2) is 9.73. The summed E-state index contributed by atoms with van der Waals surface area (Å²) in [5, 5.41) is 16.1. The summed E-state index contributed by atoms with van der Waals surface area (Å²) in [5.74, 6) is -2.19. The lowest BCUT2D eigenvalue weighted by molar-refractivity contribution is -0.765. The third-order valence-corrected chi connectivity index (χ3v) is 7.59. The van der Waals surface area contributed by atoms with Gasteiger partial charge in [-0.3, -0.25) is 14.5 Å². The number of nitrogen functional groups attached to an aromatic ring is 2. The van der Waals surface area contributed by atoms with Gasteiger partial charge in [0.1, 0.15) is 22.8 Å². The molecule has 6 N–H and O–H groups in total. The number of halogens is 2. The molecule has 1 saturated heterocycles. The molecule has 0 radical (unpaired) electrons. The van der Waals surface area contributed by atoms with Gasteiger partial charge in [-0.05, 0) is 6.92 Å². The number of oxime groups is 1. The van der Waals surface area contributed by atoms with Crippen molar-refractivity contribution in [3.63, 3.8) is 0 Å². The number of carboxylic acid groups (broad SMARTS) is 1. The Labute approximate surface area is 210 Å². The number of rotatable bonds is 8. The van der Waals surface area contributed by atoms with E-state index in [1.807, 2.05) is 6.92 Å². The number of thiazole rings is 1. The number of anilines is 2. The van der Waals surface area contributed by atoms with E-state index in [9.17, 15) is 28.3 Å². The van der Waals surface area contributed by atoms with Crippen molar-refractivity contribution in [2.45, 2.75) is 31.5 Å². The van der Waals surface area contributed by atoms with Crippen molar-refractivity contribution < 1.29 is 37.8 Å². The van der Waals surface area contributed by atoms with E-state index in [4.69, 9.17) is 11.5 Å². The highest BCUT2D eigenvalue weighted by molar-refractivity contribution is 8.00. The molecule has 0 spiro atoms. The fourth-order valence-electron chi connectivity index (χ4n) is 3.83. The largest absolute Gasteiger partial charge is 0.477 e. The summed E-state index contributed by atoms with van der Waals surface area (Å²) in [6.07, 6.45) is 1.77. The number of aliphatic carboxylic acids is 1. The molecule has 4 heterocycles. The molecule has 0 unspecified atom stereocenters. The van der Waals surface area contributed by atoms with E-state index in [1.165, 1.54) is 17.1 Å². The number of hydrogen-bond acceptors (Lipinski definition) is 10. The van der Waals surface area contributed by atoms with Crippen LogP contribution in [0.3, 0.4) is 0 Å². The molecule has 2 aromatic heterocycles. The minimum Gasteiger partial charge on any atom is -0.477 e. The molecule has 2 aliphatic heterocycles. The number of carbonyl (C=O) groups is 3. The van der Waals surface area contributed by atoms with Gasteiger partial charge in [0.15, 0.2) is 23.2 Å². The summed E-state index contributed by atoms with van der Waals surface area (Å²) in [4.78, 5) is 46.7. The first-order chi connectivity index (χ1) is 17.0. The quantitative estimate of drug-likeness (QED) is 0.149. The van der Waals surface area contributed by atoms with Gasteiger partial charge in [0, 0.05) is 16.7 Å². The van der Waals surface area contributed by atoms with Gasteiger partial charge in [-0.2, -0.15) is 8.78 Å². The van der Waals surface area contributed by atoms with Crippen LogP contribution in [0.5, 0.6) is 0 Å². The Kier molecular flexibility index (Phi) is 6.85. The summed E-state index contributed by atoms with van der Waals surface area (Å²) >= 11 is 2.20. The van der Waals surface area contributed by atoms with Gasteiger partial charge in [0.25, 0.3) is 11.8 Å². The SMILES string of the molecule is Cc1c[n+](CC2=C(C(=O)O)N3C(=O)[C@@H](NC(=O)C(=NOC(F)F)c4csc(N)n4)[C@H]3SC2)n(C)c1N. The molecule has 0 aromatic carbocycles. The number of nitrogens with one attached hydrogen (secondary N) is 1. The van der Waals surface area contributed by atoms with Gasteiger partial charge < -0.3 is 26.7 Å². The molecule has 4 rings (SSSR count). The van der Waals surface area contributed by atoms with Crippen molar-refractivity contribution in [2.24, 2.45) is 12.2 Å². The highest BCUT2D eigenvalue weighted by Gasteiger charge is 2.55. The Morgan fingerprint density at radius 2 is 2.17 bits per heavy atom.